The number of rotatable bonds is 7. The molecule has 1 aromatic carbocycles. The lowest BCUT2D eigenvalue weighted by Gasteiger charge is -2.36. The van der Waals surface area contributed by atoms with Gasteiger partial charge in [-0.1, -0.05) is 18.2 Å². The van der Waals surface area contributed by atoms with Gasteiger partial charge in [0.2, 0.25) is 0 Å². The maximum Gasteiger partial charge on any atom is 0.253 e. The van der Waals surface area contributed by atoms with Crippen molar-refractivity contribution in [2.75, 3.05) is 44.2 Å². The van der Waals surface area contributed by atoms with E-state index in [1.807, 2.05) is 36.6 Å². The summed E-state index contributed by atoms with van der Waals surface area (Å²) in [5.41, 5.74) is 4.99. The summed E-state index contributed by atoms with van der Waals surface area (Å²) in [6.45, 7) is 9.97. The molecule has 6 heteroatoms. The fraction of sp³-hybridized carbons (Fsp3) is 0.360. The number of aromatic nitrogens is 1. The van der Waals surface area contributed by atoms with E-state index in [0.29, 0.717) is 12.1 Å². The summed E-state index contributed by atoms with van der Waals surface area (Å²) in [6.07, 6.45) is 0.954. The van der Waals surface area contributed by atoms with Gasteiger partial charge in [0.05, 0.1) is 21.8 Å². The van der Waals surface area contributed by atoms with E-state index in [0.717, 1.165) is 55.4 Å². The molecule has 0 aliphatic carbocycles. The van der Waals surface area contributed by atoms with Gasteiger partial charge in [0.1, 0.15) is 0 Å². The molecule has 1 aliphatic rings. The van der Waals surface area contributed by atoms with Crippen LogP contribution in [0.15, 0.2) is 53.9 Å². The van der Waals surface area contributed by atoms with Crippen LogP contribution >= 0.6 is 11.3 Å². The summed E-state index contributed by atoms with van der Waals surface area (Å²) < 4.78 is 0. The molecule has 5 nitrogen and oxygen atoms in total. The van der Waals surface area contributed by atoms with E-state index in [9.17, 15) is 4.79 Å². The number of hydrogen-bond donors (Lipinski definition) is 1. The van der Waals surface area contributed by atoms with E-state index >= 15 is 0 Å². The van der Waals surface area contributed by atoms with Crippen LogP contribution in [0.1, 0.15) is 28.0 Å². The molecule has 1 amide bonds. The maximum atomic E-state index is 12.6. The second-order valence-corrected chi connectivity index (χ2v) is 9.03. The highest BCUT2D eigenvalue weighted by atomic mass is 32.1. The Morgan fingerprint density at radius 3 is 2.61 bits per heavy atom. The highest BCUT2D eigenvalue weighted by Crippen LogP contribution is 2.23. The SMILES string of the molecule is Cc1cccc(N2CCN(CCCNC(=O)c3ccc(-c4cccs4)nc3C)CC2)c1. The first-order chi connectivity index (χ1) is 15.1. The third-order valence-corrected chi connectivity index (χ3v) is 6.67. The fourth-order valence-electron chi connectivity index (χ4n) is 4.02. The number of amides is 1. The molecule has 0 atom stereocenters. The van der Waals surface area contributed by atoms with Crippen molar-refractivity contribution in [3.8, 4) is 10.6 Å². The normalized spacial score (nSPS) is 14.6. The minimum atomic E-state index is -0.0352. The third-order valence-electron chi connectivity index (χ3n) is 5.78. The molecule has 4 rings (SSSR count). The monoisotopic (exact) mass is 434 g/mol. The van der Waals surface area contributed by atoms with Crippen LogP contribution < -0.4 is 10.2 Å². The smallest absolute Gasteiger partial charge is 0.253 e. The molecule has 1 aliphatic heterocycles. The predicted octanol–water partition coefficient (Wildman–Crippen LogP) is 4.37. The van der Waals surface area contributed by atoms with Gasteiger partial charge >= 0.3 is 0 Å². The van der Waals surface area contributed by atoms with Crippen molar-refractivity contribution in [3.05, 3.63) is 70.7 Å². The van der Waals surface area contributed by atoms with E-state index in [1.165, 1.54) is 11.3 Å². The van der Waals surface area contributed by atoms with Crippen LogP contribution in [0.25, 0.3) is 10.6 Å². The first-order valence-electron chi connectivity index (χ1n) is 10.9. The Balaban J connectivity index is 1.19. The number of carbonyl (C=O) groups is 1. The number of hydrogen-bond acceptors (Lipinski definition) is 5. The zero-order valence-corrected chi connectivity index (χ0v) is 19.1. The fourth-order valence-corrected chi connectivity index (χ4v) is 4.71. The minimum Gasteiger partial charge on any atom is -0.369 e. The molecule has 2 aromatic heterocycles. The topological polar surface area (TPSA) is 48.5 Å². The zero-order chi connectivity index (χ0) is 21.6. The van der Waals surface area contributed by atoms with Gasteiger partial charge in [-0.3, -0.25) is 14.7 Å². The zero-order valence-electron chi connectivity index (χ0n) is 18.3. The van der Waals surface area contributed by atoms with Crippen molar-refractivity contribution in [1.29, 1.82) is 0 Å². The molecule has 1 fully saturated rings. The quantitative estimate of drug-likeness (QED) is 0.561. The number of aryl methyl sites for hydroxylation is 2. The van der Waals surface area contributed by atoms with Crippen molar-refractivity contribution < 1.29 is 4.79 Å². The van der Waals surface area contributed by atoms with Crippen LogP contribution in [0.3, 0.4) is 0 Å². The van der Waals surface area contributed by atoms with Crippen molar-refractivity contribution in [1.82, 2.24) is 15.2 Å². The van der Waals surface area contributed by atoms with Crippen LogP contribution in [0.5, 0.6) is 0 Å². The second kappa shape index (κ2) is 10.1. The standard InChI is InChI=1S/C25H30N4OS/c1-19-6-3-7-21(18-19)29-15-13-28(14-16-29)12-5-11-26-25(30)22-9-10-23(27-20(22)2)24-8-4-17-31-24/h3-4,6-10,17-18H,5,11-16H2,1-2H3,(H,26,30). The first kappa shape index (κ1) is 21.5. The molecule has 31 heavy (non-hydrogen) atoms. The van der Waals surface area contributed by atoms with Gasteiger partial charge in [0.15, 0.2) is 0 Å². The van der Waals surface area contributed by atoms with Gasteiger partial charge in [0, 0.05) is 38.4 Å². The van der Waals surface area contributed by atoms with E-state index in [1.54, 1.807) is 11.3 Å². The summed E-state index contributed by atoms with van der Waals surface area (Å²) in [7, 11) is 0. The Morgan fingerprint density at radius 1 is 1.06 bits per heavy atom. The molecule has 0 bridgehead atoms. The van der Waals surface area contributed by atoms with Crippen molar-refractivity contribution >= 4 is 22.9 Å². The number of anilines is 1. The number of pyridine rings is 1. The number of piperazine rings is 1. The Labute approximate surface area is 188 Å². The number of carbonyl (C=O) groups excluding carboxylic acids is 1. The van der Waals surface area contributed by atoms with Gasteiger partial charge in [-0.25, -0.2) is 0 Å². The van der Waals surface area contributed by atoms with Crippen LogP contribution in [-0.2, 0) is 0 Å². The third kappa shape index (κ3) is 5.51. The number of nitrogens with one attached hydrogen (secondary N) is 1. The summed E-state index contributed by atoms with van der Waals surface area (Å²) in [5, 5.41) is 5.10. The van der Waals surface area contributed by atoms with Crippen molar-refractivity contribution in [3.63, 3.8) is 0 Å². The van der Waals surface area contributed by atoms with Crippen molar-refractivity contribution in [2.45, 2.75) is 20.3 Å². The number of thiophene rings is 1. The molecular weight excluding hydrogens is 404 g/mol. The molecule has 1 N–H and O–H groups in total. The molecule has 3 heterocycles. The molecular formula is C25H30N4OS. The Morgan fingerprint density at radius 2 is 1.90 bits per heavy atom. The number of nitrogens with zero attached hydrogens (tertiary/aromatic N) is 3. The predicted molar refractivity (Wildman–Crippen MR) is 129 cm³/mol. The summed E-state index contributed by atoms with van der Waals surface area (Å²) in [5.74, 6) is -0.0352. The number of benzene rings is 1. The Bertz CT molecular complexity index is 1010. The Kier molecular flexibility index (Phi) is 6.99. The molecule has 3 aromatic rings. The second-order valence-electron chi connectivity index (χ2n) is 8.08. The molecule has 162 valence electrons. The van der Waals surface area contributed by atoms with Gasteiger partial charge in [0.25, 0.3) is 5.91 Å². The van der Waals surface area contributed by atoms with Crippen LogP contribution in [0.4, 0.5) is 5.69 Å². The van der Waals surface area contributed by atoms with Gasteiger partial charge in [-0.05, 0) is 68.1 Å². The van der Waals surface area contributed by atoms with Crippen LogP contribution in [0.2, 0.25) is 0 Å². The molecule has 0 radical (unpaired) electrons. The molecule has 0 unspecified atom stereocenters. The summed E-state index contributed by atoms with van der Waals surface area (Å²) in [4.78, 5) is 23.3. The van der Waals surface area contributed by atoms with E-state index in [2.05, 4.69) is 51.3 Å². The minimum absolute atomic E-state index is 0.0352. The first-order valence-corrected chi connectivity index (χ1v) is 11.8. The van der Waals surface area contributed by atoms with Crippen LogP contribution in [-0.4, -0.2) is 55.1 Å². The van der Waals surface area contributed by atoms with E-state index in [4.69, 9.17) is 0 Å². The highest BCUT2D eigenvalue weighted by Gasteiger charge is 2.17. The summed E-state index contributed by atoms with van der Waals surface area (Å²) >= 11 is 1.66. The molecule has 0 spiro atoms. The van der Waals surface area contributed by atoms with Crippen molar-refractivity contribution in [2.24, 2.45) is 0 Å². The lowest BCUT2D eigenvalue weighted by atomic mass is 10.1. The molecule has 0 saturated carbocycles. The Hall–Kier alpha value is -2.70. The average molecular weight is 435 g/mol. The van der Waals surface area contributed by atoms with E-state index < -0.39 is 0 Å². The van der Waals surface area contributed by atoms with E-state index in [-0.39, 0.29) is 5.91 Å². The van der Waals surface area contributed by atoms with Gasteiger partial charge < -0.3 is 10.2 Å². The lowest BCUT2D eigenvalue weighted by molar-refractivity contribution is 0.0950. The largest absolute Gasteiger partial charge is 0.369 e. The maximum absolute atomic E-state index is 12.6. The van der Waals surface area contributed by atoms with Gasteiger partial charge in [-0.15, -0.1) is 11.3 Å². The molecule has 1 saturated heterocycles. The lowest BCUT2D eigenvalue weighted by Crippen LogP contribution is -2.47. The summed E-state index contributed by atoms with van der Waals surface area (Å²) in [6, 6.07) is 16.6. The van der Waals surface area contributed by atoms with Gasteiger partial charge in [-0.2, -0.15) is 0 Å². The average Bonchev–Trinajstić information content (AvgIpc) is 3.32. The highest BCUT2D eigenvalue weighted by molar-refractivity contribution is 7.13. The van der Waals surface area contributed by atoms with Crippen LogP contribution in [0, 0.1) is 13.8 Å².